The molecule has 4 aliphatic carbocycles. The third-order valence-corrected chi connectivity index (χ3v) is 9.33. The van der Waals surface area contributed by atoms with Crippen LogP contribution in [0.1, 0.15) is 62.1 Å². The van der Waals surface area contributed by atoms with Gasteiger partial charge in [-0.15, -0.1) is 0 Å². The Balaban J connectivity index is 1.42. The van der Waals surface area contributed by atoms with E-state index in [-0.39, 0.29) is 5.41 Å². The first kappa shape index (κ1) is 27.0. The van der Waals surface area contributed by atoms with Crippen LogP contribution in [0.5, 0.6) is 11.5 Å². The van der Waals surface area contributed by atoms with Crippen LogP contribution in [0.25, 0.3) is 17.2 Å². The Morgan fingerprint density at radius 1 is 0.975 bits per heavy atom. The molecule has 0 aliphatic heterocycles. The van der Waals surface area contributed by atoms with Gasteiger partial charge in [-0.2, -0.15) is 0 Å². The summed E-state index contributed by atoms with van der Waals surface area (Å²) in [6.45, 7) is 2.66. The van der Waals surface area contributed by atoms with Crippen molar-refractivity contribution in [2.24, 2.45) is 17.8 Å². The molecule has 0 spiro atoms. The maximum absolute atomic E-state index is 12.0. The Bertz CT molecular complexity index is 1380. The largest absolute Gasteiger partial charge is 0.495 e. The average Bonchev–Trinajstić information content (AvgIpc) is 2.94. The van der Waals surface area contributed by atoms with Gasteiger partial charge in [0, 0.05) is 27.8 Å². The number of hydrogen-bond acceptors (Lipinski definition) is 4. The molecule has 3 aromatic rings. The van der Waals surface area contributed by atoms with Gasteiger partial charge < -0.3 is 14.2 Å². The minimum Gasteiger partial charge on any atom is -0.495 e. The lowest BCUT2D eigenvalue weighted by Crippen LogP contribution is -2.48. The molecule has 4 bridgehead atoms. The Labute approximate surface area is 242 Å². The molecule has 40 heavy (non-hydrogen) atoms. The van der Waals surface area contributed by atoms with Gasteiger partial charge in [0.1, 0.15) is 18.1 Å². The van der Waals surface area contributed by atoms with Gasteiger partial charge in [-0.3, -0.25) is 0 Å². The van der Waals surface area contributed by atoms with Crippen molar-refractivity contribution in [3.8, 4) is 22.6 Å². The minimum absolute atomic E-state index is 0.148. The lowest BCUT2D eigenvalue weighted by atomic mass is 9.48. The molecule has 0 atom stereocenters. The van der Waals surface area contributed by atoms with Gasteiger partial charge in [0.15, 0.2) is 0 Å². The van der Waals surface area contributed by atoms with Gasteiger partial charge in [-0.05, 0) is 110 Å². The number of ether oxygens (including phenoxy) is 3. The van der Waals surface area contributed by atoms with Gasteiger partial charge in [0.2, 0.25) is 0 Å². The second-order valence-corrected chi connectivity index (χ2v) is 12.3. The van der Waals surface area contributed by atoms with Crippen molar-refractivity contribution in [3.05, 3.63) is 88.5 Å². The van der Waals surface area contributed by atoms with Gasteiger partial charge in [0.05, 0.1) is 13.7 Å². The van der Waals surface area contributed by atoms with Crippen molar-refractivity contribution in [2.75, 3.05) is 13.7 Å². The maximum Gasteiger partial charge on any atom is 0.330 e. The molecule has 3 aromatic carbocycles. The van der Waals surface area contributed by atoms with Crippen LogP contribution in [-0.2, 0) is 21.6 Å². The number of hydrogen-bond donors (Lipinski definition) is 0. The highest BCUT2D eigenvalue weighted by Crippen LogP contribution is 2.62. The summed E-state index contributed by atoms with van der Waals surface area (Å²) in [4.78, 5) is 12.0. The van der Waals surface area contributed by atoms with Crippen LogP contribution in [0.3, 0.4) is 0 Å². The lowest BCUT2D eigenvalue weighted by molar-refractivity contribution is -0.137. The average molecular weight is 557 g/mol. The predicted molar refractivity (Wildman–Crippen MR) is 160 cm³/mol. The molecule has 5 heteroatoms. The fourth-order valence-corrected chi connectivity index (χ4v) is 8.17. The van der Waals surface area contributed by atoms with E-state index in [9.17, 15) is 4.79 Å². The van der Waals surface area contributed by atoms with Crippen molar-refractivity contribution in [1.82, 2.24) is 0 Å². The van der Waals surface area contributed by atoms with E-state index < -0.39 is 5.97 Å². The Kier molecular flexibility index (Phi) is 7.63. The molecule has 0 aromatic heterocycles. The number of carbonyl (C=O) groups excluding carboxylic acids is 1. The summed E-state index contributed by atoms with van der Waals surface area (Å²) in [6, 6.07) is 20.7. The van der Waals surface area contributed by atoms with Crippen molar-refractivity contribution < 1.29 is 19.0 Å². The number of rotatable bonds is 9. The van der Waals surface area contributed by atoms with Crippen LogP contribution in [-0.4, -0.2) is 19.7 Å². The highest BCUT2D eigenvalue weighted by molar-refractivity contribution is 6.31. The van der Waals surface area contributed by atoms with E-state index in [1.165, 1.54) is 50.2 Å². The zero-order valence-electron chi connectivity index (χ0n) is 23.3. The van der Waals surface area contributed by atoms with Gasteiger partial charge in [0.25, 0.3) is 0 Å². The first-order chi connectivity index (χ1) is 19.5. The normalized spacial score (nSPS) is 24.8. The Hall–Kier alpha value is -3.24. The summed E-state index contributed by atoms with van der Waals surface area (Å²) < 4.78 is 17.6. The first-order valence-corrected chi connectivity index (χ1v) is 14.9. The minimum atomic E-state index is -0.393. The second-order valence-electron chi connectivity index (χ2n) is 11.8. The van der Waals surface area contributed by atoms with Gasteiger partial charge in [-0.25, -0.2) is 4.79 Å². The van der Waals surface area contributed by atoms with E-state index in [4.69, 9.17) is 25.8 Å². The molecule has 0 radical (unpaired) electrons. The number of benzene rings is 3. The van der Waals surface area contributed by atoms with E-state index in [1.807, 2.05) is 18.2 Å². The quantitative estimate of drug-likeness (QED) is 0.195. The van der Waals surface area contributed by atoms with E-state index in [0.29, 0.717) is 24.0 Å². The van der Waals surface area contributed by atoms with Crippen LogP contribution in [0.15, 0.2) is 66.7 Å². The summed E-state index contributed by atoms with van der Waals surface area (Å²) in [7, 11) is 1.66. The predicted octanol–water partition coefficient (Wildman–Crippen LogP) is 8.64. The van der Waals surface area contributed by atoms with Gasteiger partial charge in [-0.1, -0.05) is 48.0 Å². The van der Waals surface area contributed by atoms with E-state index in [1.54, 1.807) is 20.1 Å². The molecule has 0 amide bonds. The van der Waals surface area contributed by atoms with Crippen molar-refractivity contribution in [1.29, 1.82) is 0 Å². The Morgan fingerprint density at radius 3 is 2.33 bits per heavy atom. The zero-order valence-corrected chi connectivity index (χ0v) is 24.1. The molecule has 0 unspecified atom stereocenters. The molecule has 4 saturated carbocycles. The topological polar surface area (TPSA) is 44.8 Å². The molecular formula is C35H37ClO4. The summed E-state index contributed by atoms with van der Waals surface area (Å²) >= 11 is 6.62. The first-order valence-electron chi connectivity index (χ1n) is 14.5. The van der Waals surface area contributed by atoms with Crippen LogP contribution >= 0.6 is 11.6 Å². The molecule has 4 nitrogen and oxygen atoms in total. The molecule has 0 saturated heterocycles. The molecule has 7 rings (SSSR count). The molecule has 4 aliphatic rings. The molecule has 208 valence electrons. The third-order valence-electron chi connectivity index (χ3n) is 9.11. The SMILES string of the molecule is CCOC(=O)/C=C/c1cc(Cl)cc(-c2ccc(OCc3ccccc3)c(C34CC5CC(CC(C5)C3)C4)c2)c1OC. The second kappa shape index (κ2) is 11.3. The van der Waals surface area contributed by atoms with E-state index in [0.717, 1.165) is 45.8 Å². The third kappa shape index (κ3) is 5.39. The fourth-order valence-electron chi connectivity index (χ4n) is 7.94. The number of halogens is 1. The number of methoxy groups -OCH3 is 1. The molecule has 4 fully saturated rings. The van der Waals surface area contributed by atoms with Crippen LogP contribution in [0.2, 0.25) is 5.02 Å². The van der Waals surface area contributed by atoms with Crippen LogP contribution < -0.4 is 9.47 Å². The highest BCUT2D eigenvalue weighted by Gasteiger charge is 2.52. The summed E-state index contributed by atoms with van der Waals surface area (Å²) in [5.74, 6) is 3.72. The van der Waals surface area contributed by atoms with Crippen LogP contribution in [0.4, 0.5) is 0 Å². The number of carbonyl (C=O) groups is 1. The zero-order chi connectivity index (χ0) is 27.7. The van der Waals surface area contributed by atoms with Crippen molar-refractivity contribution in [3.63, 3.8) is 0 Å². The summed E-state index contributed by atoms with van der Waals surface area (Å²) in [6.07, 6.45) is 11.0. The smallest absolute Gasteiger partial charge is 0.330 e. The Morgan fingerprint density at radius 2 is 1.68 bits per heavy atom. The molecular weight excluding hydrogens is 520 g/mol. The van der Waals surface area contributed by atoms with E-state index in [2.05, 4.69) is 42.5 Å². The fraction of sp³-hybridized carbons (Fsp3) is 0.400. The lowest BCUT2D eigenvalue weighted by Gasteiger charge is -2.57. The maximum atomic E-state index is 12.0. The molecule has 0 heterocycles. The van der Waals surface area contributed by atoms with Crippen LogP contribution in [0, 0.1) is 17.8 Å². The van der Waals surface area contributed by atoms with E-state index >= 15 is 0 Å². The van der Waals surface area contributed by atoms with Crippen molar-refractivity contribution in [2.45, 2.75) is 57.5 Å². The van der Waals surface area contributed by atoms with Crippen molar-refractivity contribution >= 4 is 23.6 Å². The molecule has 0 N–H and O–H groups in total. The van der Waals surface area contributed by atoms with Gasteiger partial charge >= 0.3 is 5.97 Å². The summed E-state index contributed by atoms with van der Waals surface area (Å²) in [5, 5.41) is 0.583. The number of esters is 1. The standard InChI is InChI=1S/C35H37ClO4/c1-3-39-33(37)12-10-28-16-29(36)18-30(34(28)38-2)27-9-11-32(40-22-23-7-5-4-6-8-23)31(17-27)35-19-24-13-25(20-35)15-26(14-24)21-35/h4-12,16-18,24-26H,3,13-15,19-22H2,1-2H3/b12-10+. The summed E-state index contributed by atoms with van der Waals surface area (Å²) in [5.41, 5.74) is 5.32. The monoisotopic (exact) mass is 556 g/mol. The highest BCUT2D eigenvalue weighted by atomic mass is 35.5.